The van der Waals surface area contributed by atoms with Gasteiger partial charge < -0.3 is 5.73 Å². The normalized spacial score (nSPS) is 12.4. The van der Waals surface area contributed by atoms with Crippen molar-refractivity contribution in [1.29, 1.82) is 5.26 Å². The zero-order chi connectivity index (χ0) is 7.40. The molecule has 3 heteroatoms. The Morgan fingerprint density at radius 2 is 2.60 bits per heavy atom. The molecule has 1 rings (SSSR count). The SMILES string of the molecule is N#CC[C@H](N)c1cccs1. The first-order valence-corrected chi connectivity index (χ1v) is 3.88. The van der Waals surface area contributed by atoms with Gasteiger partial charge in [-0.2, -0.15) is 5.26 Å². The summed E-state index contributed by atoms with van der Waals surface area (Å²) in [4.78, 5) is 1.08. The van der Waals surface area contributed by atoms with E-state index >= 15 is 0 Å². The number of nitrogens with two attached hydrogens (primary N) is 1. The van der Waals surface area contributed by atoms with Gasteiger partial charge in [-0.3, -0.25) is 0 Å². The van der Waals surface area contributed by atoms with E-state index in [2.05, 4.69) is 0 Å². The van der Waals surface area contributed by atoms with Crippen molar-refractivity contribution in [3.05, 3.63) is 22.4 Å². The first-order valence-electron chi connectivity index (χ1n) is 3.00. The maximum atomic E-state index is 8.31. The smallest absolute Gasteiger partial charge is 0.0642 e. The molecule has 1 aromatic heterocycles. The minimum atomic E-state index is -0.0926. The Labute approximate surface area is 63.9 Å². The molecule has 1 heterocycles. The lowest BCUT2D eigenvalue weighted by Crippen LogP contribution is -2.06. The highest BCUT2D eigenvalue weighted by Gasteiger charge is 2.04. The third-order valence-corrected chi connectivity index (χ3v) is 2.22. The number of nitriles is 1. The van der Waals surface area contributed by atoms with Gasteiger partial charge in [-0.15, -0.1) is 11.3 Å². The summed E-state index contributed by atoms with van der Waals surface area (Å²) in [5, 5.41) is 10.3. The summed E-state index contributed by atoms with van der Waals surface area (Å²) in [7, 11) is 0. The van der Waals surface area contributed by atoms with Gasteiger partial charge in [0.25, 0.3) is 0 Å². The van der Waals surface area contributed by atoms with Crippen molar-refractivity contribution < 1.29 is 0 Å². The fraction of sp³-hybridized carbons (Fsp3) is 0.286. The van der Waals surface area contributed by atoms with E-state index in [1.54, 1.807) is 11.3 Å². The molecule has 0 saturated carbocycles. The fourth-order valence-corrected chi connectivity index (χ4v) is 1.43. The third kappa shape index (κ3) is 1.56. The Balaban J connectivity index is 2.61. The Bertz CT molecular complexity index is 222. The van der Waals surface area contributed by atoms with E-state index in [9.17, 15) is 0 Å². The van der Waals surface area contributed by atoms with Gasteiger partial charge in [-0.25, -0.2) is 0 Å². The van der Waals surface area contributed by atoms with Crippen molar-refractivity contribution in [1.82, 2.24) is 0 Å². The second kappa shape index (κ2) is 3.35. The molecule has 2 nitrogen and oxygen atoms in total. The molecular weight excluding hydrogens is 144 g/mol. The predicted molar refractivity (Wildman–Crippen MR) is 41.5 cm³/mol. The number of rotatable bonds is 2. The Kier molecular flexibility index (Phi) is 2.43. The maximum Gasteiger partial charge on any atom is 0.0642 e. The number of hydrogen-bond donors (Lipinski definition) is 1. The Morgan fingerprint density at radius 1 is 1.80 bits per heavy atom. The van der Waals surface area contributed by atoms with Crippen molar-refractivity contribution in [3.8, 4) is 6.07 Å². The second-order valence-corrected chi connectivity index (χ2v) is 2.96. The molecule has 1 atom stereocenters. The second-order valence-electron chi connectivity index (χ2n) is 1.98. The van der Waals surface area contributed by atoms with Crippen LogP contribution < -0.4 is 5.73 Å². The third-order valence-electron chi connectivity index (χ3n) is 1.22. The predicted octanol–water partition coefficient (Wildman–Crippen LogP) is 1.66. The summed E-state index contributed by atoms with van der Waals surface area (Å²) in [6.07, 6.45) is 0.403. The average molecular weight is 152 g/mol. The minimum Gasteiger partial charge on any atom is -0.322 e. The number of thiophene rings is 1. The Hall–Kier alpha value is -0.850. The summed E-state index contributed by atoms with van der Waals surface area (Å²) in [5.41, 5.74) is 5.64. The summed E-state index contributed by atoms with van der Waals surface area (Å²) >= 11 is 1.59. The molecule has 0 radical (unpaired) electrons. The van der Waals surface area contributed by atoms with Gasteiger partial charge in [-0.05, 0) is 11.4 Å². The van der Waals surface area contributed by atoms with E-state index in [-0.39, 0.29) is 6.04 Å². The van der Waals surface area contributed by atoms with Gasteiger partial charge in [0.2, 0.25) is 0 Å². The molecule has 10 heavy (non-hydrogen) atoms. The molecule has 0 aromatic carbocycles. The molecule has 0 aliphatic carbocycles. The number of hydrogen-bond acceptors (Lipinski definition) is 3. The van der Waals surface area contributed by atoms with Crippen LogP contribution in [0.15, 0.2) is 17.5 Å². The first kappa shape index (κ1) is 7.26. The monoisotopic (exact) mass is 152 g/mol. The van der Waals surface area contributed by atoms with Crippen LogP contribution in [0.3, 0.4) is 0 Å². The van der Waals surface area contributed by atoms with Crippen LogP contribution in [0.2, 0.25) is 0 Å². The molecule has 0 fully saturated rings. The van der Waals surface area contributed by atoms with Crippen LogP contribution >= 0.6 is 11.3 Å². The molecular formula is C7H8N2S. The quantitative estimate of drug-likeness (QED) is 0.700. The van der Waals surface area contributed by atoms with Gasteiger partial charge in [0.05, 0.1) is 18.5 Å². The van der Waals surface area contributed by atoms with E-state index in [0.717, 1.165) is 4.88 Å². The standard InChI is InChI=1S/C7H8N2S/c8-4-3-6(9)7-2-1-5-10-7/h1-2,5-6H,3,9H2/t6-/m0/s1. The summed E-state index contributed by atoms with van der Waals surface area (Å²) < 4.78 is 0. The van der Waals surface area contributed by atoms with Crippen LogP contribution in [0.4, 0.5) is 0 Å². The molecule has 0 bridgehead atoms. The molecule has 0 aliphatic heterocycles. The zero-order valence-electron chi connectivity index (χ0n) is 5.45. The van der Waals surface area contributed by atoms with E-state index in [1.807, 2.05) is 23.6 Å². The van der Waals surface area contributed by atoms with Crippen molar-refractivity contribution >= 4 is 11.3 Å². The highest BCUT2D eigenvalue weighted by molar-refractivity contribution is 7.10. The lowest BCUT2D eigenvalue weighted by molar-refractivity contribution is 0.765. The van der Waals surface area contributed by atoms with Crippen molar-refractivity contribution in [2.75, 3.05) is 0 Å². The molecule has 1 aromatic rings. The fourth-order valence-electron chi connectivity index (χ4n) is 0.701. The highest BCUT2D eigenvalue weighted by Crippen LogP contribution is 2.18. The van der Waals surface area contributed by atoms with Crippen LogP contribution in [0.25, 0.3) is 0 Å². The minimum absolute atomic E-state index is 0.0926. The Morgan fingerprint density at radius 3 is 3.10 bits per heavy atom. The highest BCUT2D eigenvalue weighted by atomic mass is 32.1. The van der Waals surface area contributed by atoms with Gasteiger partial charge in [0.1, 0.15) is 0 Å². The van der Waals surface area contributed by atoms with E-state index < -0.39 is 0 Å². The molecule has 2 N–H and O–H groups in total. The van der Waals surface area contributed by atoms with Crippen molar-refractivity contribution in [2.45, 2.75) is 12.5 Å². The molecule has 0 spiro atoms. The largest absolute Gasteiger partial charge is 0.322 e. The van der Waals surface area contributed by atoms with Crippen LogP contribution in [0.5, 0.6) is 0 Å². The molecule has 52 valence electrons. The van der Waals surface area contributed by atoms with Crippen LogP contribution in [0, 0.1) is 11.3 Å². The summed E-state index contributed by atoms with van der Waals surface area (Å²) in [6, 6.07) is 5.84. The lowest BCUT2D eigenvalue weighted by atomic mass is 10.2. The van der Waals surface area contributed by atoms with E-state index in [0.29, 0.717) is 6.42 Å². The van der Waals surface area contributed by atoms with Crippen LogP contribution in [0.1, 0.15) is 17.3 Å². The number of nitrogens with zero attached hydrogens (tertiary/aromatic N) is 1. The topological polar surface area (TPSA) is 49.8 Å². The zero-order valence-corrected chi connectivity index (χ0v) is 6.27. The van der Waals surface area contributed by atoms with E-state index in [4.69, 9.17) is 11.0 Å². The van der Waals surface area contributed by atoms with Crippen LogP contribution in [-0.4, -0.2) is 0 Å². The first-order chi connectivity index (χ1) is 4.84. The molecule has 0 amide bonds. The van der Waals surface area contributed by atoms with Gasteiger partial charge in [0, 0.05) is 4.88 Å². The molecule has 0 saturated heterocycles. The van der Waals surface area contributed by atoms with Crippen molar-refractivity contribution in [3.63, 3.8) is 0 Å². The molecule has 0 unspecified atom stereocenters. The van der Waals surface area contributed by atoms with Crippen LogP contribution in [-0.2, 0) is 0 Å². The lowest BCUT2D eigenvalue weighted by Gasteiger charge is -2.01. The maximum absolute atomic E-state index is 8.31. The van der Waals surface area contributed by atoms with Gasteiger partial charge >= 0.3 is 0 Å². The van der Waals surface area contributed by atoms with Gasteiger partial charge in [0.15, 0.2) is 0 Å². The van der Waals surface area contributed by atoms with Gasteiger partial charge in [-0.1, -0.05) is 6.07 Å². The summed E-state index contributed by atoms with van der Waals surface area (Å²) in [6.45, 7) is 0. The van der Waals surface area contributed by atoms with Crippen molar-refractivity contribution in [2.24, 2.45) is 5.73 Å². The molecule has 0 aliphatic rings. The van der Waals surface area contributed by atoms with E-state index in [1.165, 1.54) is 0 Å². The average Bonchev–Trinajstić information content (AvgIpc) is 2.38. The summed E-state index contributed by atoms with van der Waals surface area (Å²) in [5.74, 6) is 0.